The molecule has 1 N–H and O–H groups in total. The van der Waals surface area contributed by atoms with Crippen molar-refractivity contribution in [2.24, 2.45) is 0 Å². The summed E-state index contributed by atoms with van der Waals surface area (Å²) in [6.07, 6.45) is 2.29. The Kier molecular flexibility index (Phi) is 7.68. The second-order valence-corrected chi connectivity index (χ2v) is 7.40. The SMILES string of the molecule is C=CCNC(=O)[C@@H](C)Sc1nc2cc(Cl)ccc2c(=O)n1CCCOC. The predicted molar refractivity (Wildman–Crippen MR) is 106 cm³/mol. The molecule has 0 saturated heterocycles. The number of methoxy groups -OCH3 is 1. The number of benzene rings is 1. The van der Waals surface area contributed by atoms with Crippen LogP contribution in [0.2, 0.25) is 5.02 Å². The molecule has 8 heteroatoms. The number of ether oxygens (including phenoxy) is 1. The van der Waals surface area contributed by atoms with E-state index in [0.29, 0.717) is 47.2 Å². The maximum absolute atomic E-state index is 12.9. The highest BCUT2D eigenvalue weighted by Crippen LogP contribution is 2.24. The van der Waals surface area contributed by atoms with Crippen molar-refractivity contribution in [3.63, 3.8) is 0 Å². The molecule has 0 unspecified atom stereocenters. The molecule has 0 saturated carbocycles. The van der Waals surface area contributed by atoms with E-state index in [1.165, 1.54) is 11.8 Å². The molecule has 2 aromatic rings. The first-order valence-electron chi connectivity index (χ1n) is 8.22. The van der Waals surface area contributed by atoms with Gasteiger partial charge in [-0.3, -0.25) is 14.2 Å². The molecule has 0 radical (unpaired) electrons. The van der Waals surface area contributed by atoms with E-state index in [4.69, 9.17) is 16.3 Å². The minimum Gasteiger partial charge on any atom is -0.385 e. The van der Waals surface area contributed by atoms with Crippen LogP contribution < -0.4 is 10.9 Å². The summed E-state index contributed by atoms with van der Waals surface area (Å²) in [4.78, 5) is 29.6. The Morgan fingerprint density at radius 2 is 2.31 bits per heavy atom. The highest BCUT2D eigenvalue weighted by atomic mass is 35.5. The molecule has 1 heterocycles. The van der Waals surface area contributed by atoms with Crippen molar-refractivity contribution in [3.8, 4) is 0 Å². The van der Waals surface area contributed by atoms with Gasteiger partial charge in [-0.1, -0.05) is 29.4 Å². The Morgan fingerprint density at radius 1 is 1.54 bits per heavy atom. The van der Waals surface area contributed by atoms with Crippen molar-refractivity contribution in [1.29, 1.82) is 0 Å². The van der Waals surface area contributed by atoms with E-state index < -0.39 is 5.25 Å². The van der Waals surface area contributed by atoms with E-state index in [1.54, 1.807) is 42.9 Å². The summed E-state index contributed by atoms with van der Waals surface area (Å²) in [6.45, 7) is 6.74. The maximum Gasteiger partial charge on any atom is 0.262 e. The highest BCUT2D eigenvalue weighted by Gasteiger charge is 2.19. The Hall–Kier alpha value is -1.83. The number of carbonyl (C=O) groups excluding carboxylic acids is 1. The molecule has 0 aliphatic rings. The monoisotopic (exact) mass is 395 g/mol. The summed E-state index contributed by atoms with van der Waals surface area (Å²) >= 11 is 7.28. The molecule has 1 aromatic heterocycles. The van der Waals surface area contributed by atoms with Crippen molar-refractivity contribution in [1.82, 2.24) is 14.9 Å². The average molecular weight is 396 g/mol. The Balaban J connectivity index is 2.40. The van der Waals surface area contributed by atoms with Gasteiger partial charge >= 0.3 is 0 Å². The number of thioether (sulfide) groups is 1. The van der Waals surface area contributed by atoms with Crippen LogP contribution in [-0.2, 0) is 16.1 Å². The van der Waals surface area contributed by atoms with E-state index in [1.807, 2.05) is 0 Å². The standard InChI is InChI=1S/C18H22ClN3O3S/c1-4-8-20-16(23)12(2)26-18-21-15-11-13(19)6-7-14(15)17(24)22(18)9-5-10-25-3/h4,6-7,11-12H,1,5,8-10H2,2-3H3,(H,20,23)/t12-/m1/s1. The lowest BCUT2D eigenvalue weighted by Gasteiger charge is -2.16. The summed E-state index contributed by atoms with van der Waals surface area (Å²) in [5.41, 5.74) is 0.371. The lowest BCUT2D eigenvalue weighted by molar-refractivity contribution is -0.120. The molecular weight excluding hydrogens is 374 g/mol. The third kappa shape index (κ3) is 5.09. The zero-order valence-electron chi connectivity index (χ0n) is 14.8. The maximum atomic E-state index is 12.9. The first kappa shape index (κ1) is 20.5. The van der Waals surface area contributed by atoms with Crippen LogP contribution in [0.3, 0.4) is 0 Å². The summed E-state index contributed by atoms with van der Waals surface area (Å²) in [7, 11) is 1.62. The van der Waals surface area contributed by atoms with E-state index in [-0.39, 0.29) is 11.5 Å². The number of fused-ring (bicyclic) bond motifs is 1. The molecule has 26 heavy (non-hydrogen) atoms. The number of hydrogen-bond donors (Lipinski definition) is 1. The number of nitrogens with one attached hydrogen (secondary N) is 1. The van der Waals surface area contributed by atoms with Gasteiger partial charge in [0, 0.05) is 31.8 Å². The average Bonchev–Trinajstić information content (AvgIpc) is 2.61. The largest absolute Gasteiger partial charge is 0.385 e. The Labute approximate surface area is 161 Å². The van der Waals surface area contributed by atoms with Gasteiger partial charge in [0.25, 0.3) is 5.56 Å². The summed E-state index contributed by atoms with van der Waals surface area (Å²) in [5.74, 6) is -0.140. The van der Waals surface area contributed by atoms with Gasteiger partial charge in [-0.05, 0) is 31.5 Å². The first-order chi connectivity index (χ1) is 12.5. The molecule has 6 nitrogen and oxygen atoms in total. The van der Waals surface area contributed by atoms with Crippen LogP contribution in [0, 0.1) is 0 Å². The smallest absolute Gasteiger partial charge is 0.262 e. The van der Waals surface area contributed by atoms with Gasteiger partial charge < -0.3 is 10.1 Å². The molecule has 1 aromatic carbocycles. The van der Waals surface area contributed by atoms with Gasteiger partial charge in [-0.15, -0.1) is 6.58 Å². The van der Waals surface area contributed by atoms with Crippen LogP contribution in [0.1, 0.15) is 13.3 Å². The lowest BCUT2D eigenvalue weighted by atomic mass is 10.2. The number of rotatable bonds is 9. The van der Waals surface area contributed by atoms with E-state index in [9.17, 15) is 9.59 Å². The highest BCUT2D eigenvalue weighted by molar-refractivity contribution is 8.00. The summed E-state index contributed by atoms with van der Waals surface area (Å²) < 4.78 is 6.67. The number of halogens is 1. The number of amides is 1. The quantitative estimate of drug-likeness (QED) is 0.306. The molecule has 2 rings (SSSR count). The number of aromatic nitrogens is 2. The fourth-order valence-electron chi connectivity index (χ4n) is 2.36. The van der Waals surface area contributed by atoms with Gasteiger partial charge in [0.1, 0.15) is 0 Å². The van der Waals surface area contributed by atoms with Crippen LogP contribution in [-0.4, -0.2) is 41.0 Å². The summed E-state index contributed by atoms with van der Waals surface area (Å²) in [6, 6.07) is 5.00. The third-order valence-electron chi connectivity index (χ3n) is 3.68. The molecule has 0 fully saturated rings. The second-order valence-electron chi connectivity index (χ2n) is 5.65. The fraction of sp³-hybridized carbons (Fsp3) is 0.389. The first-order valence-corrected chi connectivity index (χ1v) is 9.48. The number of carbonyl (C=O) groups is 1. The van der Waals surface area contributed by atoms with E-state index >= 15 is 0 Å². The van der Waals surface area contributed by atoms with Crippen LogP contribution >= 0.6 is 23.4 Å². The van der Waals surface area contributed by atoms with Crippen LogP contribution in [0.5, 0.6) is 0 Å². The second kappa shape index (κ2) is 9.75. The van der Waals surface area contributed by atoms with Crippen molar-refractivity contribution >= 4 is 40.2 Å². The van der Waals surface area contributed by atoms with Crippen molar-refractivity contribution in [2.45, 2.75) is 30.3 Å². The van der Waals surface area contributed by atoms with E-state index in [0.717, 1.165) is 0 Å². The molecular formula is C18H22ClN3O3S. The topological polar surface area (TPSA) is 73.2 Å². The molecule has 140 valence electrons. The van der Waals surface area contributed by atoms with Gasteiger partial charge in [0.05, 0.1) is 16.2 Å². The molecule has 0 aliphatic heterocycles. The third-order valence-corrected chi connectivity index (χ3v) is 5.01. The van der Waals surface area contributed by atoms with Gasteiger partial charge in [0.15, 0.2) is 5.16 Å². The summed E-state index contributed by atoms with van der Waals surface area (Å²) in [5, 5.41) is 3.84. The van der Waals surface area contributed by atoms with Crippen molar-refractivity contribution in [3.05, 3.63) is 46.2 Å². The minimum atomic E-state index is -0.410. The van der Waals surface area contributed by atoms with Crippen LogP contribution in [0.25, 0.3) is 10.9 Å². The molecule has 1 amide bonds. The van der Waals surface area contributed by atoms with Gasteiger partial charge in [0.2, 0.25) is 5.91 Å². The molecule has 0 aliphatic carbocycles. The van der Waals surface area contributed by atoms with Gasteiger partial charge in [-0.2, -0.15) is 0 Å². The van der Waals surface area contributed by atoms with Crippen LogP contribution in [0.4, 0.5) is 0 Å². The van der Waals surface area contributed by atoms with Crippen LogP contribution in [0.15, 0.2) is 40.8 Å². The number of nitrogens with zero attached hydrogens (tertiary/aromatic N) is 2. The Bertz CT molecular complexity index is 853. The van der Waals surface area contributed by atoms with E-state index in [2.05, 4.69) is 16.9 Å². The molecule has 0 bridgehead atoms. The van der Waals surface area contributed by atoms with Crippen molar-refractivity contribution in [2.75, 3.05) is 20.3 Å². The predicted octanol–water partition coefficient (Wildman–Crippen LogP) is 2.87. The fourth-order valence-corrected chi connectivity index (χ4v) is 3.48. The Morgan fingerprint density at radius 3 is 3.00 bits per heavy atom. The van der Waals surface area contributed by atoms with Gasteiger partial charge in [-0.25, -0.2) is 4.98 Å². The molecule has 1 atom stereocenters. The zero-order valence-corrected chi connectivity index (χ0v) is 16.4. The number of hydrogen-bond acceptors (Lipinski definition) is 5. The normalized spacial score (nSPS) is 12.1. The molecule has 0 spiro atoms. The van der Waals surface area contributed by atoms with Crippen molar-refractivity contribution < 1.29 is 9.53 Å². The minimum absolute atomic E-state index is 0.140. The lowest BCUT2D eigenvalue weighted by Crippen LogP contribution is -2.32. The zero-order chi connectivity index (χ0) is 19.1.